The fourth-order valence-corrected chi connectivity index (χ4v) is 1.42. The molecule has 1 fully saturated rings. The van der Waals surface area contributed by atoms with Crippen LogP contribution in [0.2, 0.25) is 0 Å². The first-order chi connectivity index (χ1) is 7.91. The molecule has 0 heterocycles. The molecular formula is C15H28F2. The fourth-order valence-electron chi connectivity index (χ4n) is 1.42. The zero-order chi connectivity index (χ0) is 14.1. The average Bonchev–Trinajstić information content (AvgIpc) is 2.84. The van der Waals surface area contributed by atoms with Crippen LogP contribution in [0.1, 0.15) is 60.8 Å². The highest BCUT2D eigenvalue weighted by Gasteiger charge is 2.66. The van der Waals surface area contributed by atoms with Gasteiger partial charge in [0, 0.05) is 18.3 Å². The second-order valence-electron chi connectivity index (χ2n) is 4.51. The van der Waals surface area contributed by atoms with Gasteiger partial charge in [-0.2, -0.15) is 0 Å². The Kier molecular flexibility index (Phi) is 10.4. The Morgan fingerprint density at radius 3 is 1.76 bits per heavy atom. The van der Waals surface area contributed by atoms with Crippen molar-refractivity contribution in [2.75, 3.05) is 0 Å². The van der Waals surface area contributed by atoms with E-state index in [1.807, 2.05) is 13.8 Å². The summed E-state index contributed by atoms with van der Waals surface area (Å²) in [6.07, 6.45) is 7.00. The molecule has 2 unspecified atom stereocenters. The predicted molar refractivity (Wildman–Crippen MR) is 72.1 cm³/mol. The normalized spacial score (nSPS) is 23.8. The number of alkyl halides is 2. The summed E-state index contributed by atoms with van der Waals surface area (Å²) in [6, 6.07) is 0. The first-order valence-electron chi connectivity index (χ1n) is 6.72. The van der Waals surface area contributed by atoms with Crippen LogP contribution in [0.5, 0.6) is 0 Å². The summed E-state index contributed by atoms with van der Waals surface area (Å²) in [4.78, 5) is 0. The summed E-state index contributed by atoms with van der Waals surface area (Å²) in [5, 5.41) is 0. The van der Waals surface area contributed by atoms with Crippen LogP contribution in [-0.4, -0.2) is 5.92 Å². The maximum atomic E-state index is 12.6. The van der Waals surface area contributed by atoms with Crippen molar-refractivity contribution >= 4 is 0 Å². The van der Waals surface area contributed by atoms with E-state index in [1.54, 1.807) is 6.92 Å². The van der Waals surface area contributed by atoms with Crippen LogP contribution in [0.3, 0.4) is 0 Å². The number of hydrogen-bond donors (Lipinski definition) is 0. The van der Waals surface area contributed by atoms with Gasteiger partial charge in [-0.25, -0.2) is 8.78 Å². The first kappa shape index (κ1) is 18.8. The van der Waals surface area contributed by atoms with Gasteiger partial charge in [-0.15, -0.1) is 12.3 Å². The minimum Gasteiger partial charge on any atom is -0.206 e. The molecule has 0 bridgehead atoms. The molecule has 0 amide bonds. The largest absolute Gasteiger partial charge is 0.255 e. The van der Waals surface area contributed by atoms with E-state index in [9.17, 15) is 8.78 Å². The molecule has 0 aromatic rings. The van der Waals surface area contributed by atoms with E-state index in [4.69, 9.17) is 6.42 Å². The molecule has 0 N–H and O–H groups in total. The molecule has 0 radical (unpaired) electrons. The second-order valence-corrected chi connectivity index (χ2v) is 4.51. The highest BCUT2D eigenvalue weighted by Crippen LogP contribution is 2.58. The Morgan fingerprint density at radius 1 is 1.18 bits per heavy atom. The van der Waals surface area contributed by atoms with Gasteiger partial charge in [0.1, 0.15) is 0 Å². The van der Waals surface area contributed by atoms with E-state index in [0.29, 0.717) is 6.42 Å². The Balaban J connectivity index is 0. The highest BCUT2D eigenvalue weighted by atomic mass is 19.3. The van der Waals surface area contributed by atoms with Crippen molar-refractivity contribution < 1.29 is 8.78 Å². The maximum absolute atomic E-state index is 12.6. The third-order valence-electron chi connectivity index (χ3n) is 2.96. The van der Waals surface area contributed by atoms with Gasteiger partial charge in [-0.3, -0.25) is 0 Å². The van der Waals surface area contributed by atoms with Crippen molar-refractivity contribution in [3.63, 3.8) is 0 Å². The summed E-state index contributed by atoms with van der Waals surface area (Å²) in [5.41, 5.74) is 0. The Morgan fingerprint density at radius 2 is 1.59 bits per heavy atom. The van der Waals surface area contributed by atoms with Crippen molar-refractivity contribution in [1.29, 1.82) is 0 Å². The number of rotatable bonds is 3. The lowest BCUT2D eigenvalue weighted by molar-refractivity contribution is 0.0841. The monoisotopic (exact) mass is 246 g/mol. The van der Waals surface area contributed by atoms with Gasteiger partial charge >= 0.3 is 0 Å². The Labute approximate surface area is 106 Å². The topological polar surface area (TPSA) is 0 Å². The van der Waals surface area contributed by atoms with Crippen LogP contribution >= 0.6 is 0 Å². The molecule has 1 aliphatic carbocycles. The Hall–Kier alpha value is -0.580. The molecule has 0 aliphatic heterocycles. The molecule has 2 atom stereocenters. The van der Waals surface area contributed by atoms with Gasteiger partial charge in [0.2, 0.25) is 0 Å². The van der Waals surface area contributed by atoms with Crippen molar-refractivity contribution in [3.8, 4) is 12.3 Å². The smallest absolute Gasteiger partial charge is 0.206 e. The van der Waals surface area contributed by atoms with Crippen LogP contribution in [-0.2, 0) is 0 Å². The SMILES string of the molecule is C#CCC1C(CC)C1(F)F.CC.CCC(C)C. The van der Waals surface area contributed by atoms with Gasteiger partial charge in [0.15, 0.2) is 0 Å². The zero-order valence-corrected chi connectivity index (χ0v) is 12.2. The van der Waals surface area contributed by atoms with Gasteiger partial charge in [-0.05, 0) is 12.3 Å². The van der Waals surface area contributed by atoms with Crippen LogP contribution in [0.4, 0.5) is 8.78 Å². The van der Waals surface area contributed by atoms with E-state index in [-0.39, 0.29) is 6.42 Å². The highest BCUT2D eigenvalue weighted by molar-refractivity contribution is 5.09. The molecule has 1 rings (SSSR count). The Bertz CT molecular complexity index is 213. The minimum absolute atomic E-state index is 0.228. The second kappa shape index (κ2) is 9.45. The molecule has 0 saturated heterocycles. The first-order valence-corrected chi connectivity index (χ1v) is 6.72. The van der Waals surface area contributed by atoms with E-state index in [1.165, 1.54) is 6.42 Å². The number of terminal acetylenes is 1. The van der Waals surface area contributed by atoms with Crippen molar-refractivity contribution in [2.24, 2.45) is 17.8 Å². The molecule has 0 aromatic carbocycles. The van der Waals surface area contributed by atoms with Crippen LogP contribution < -0.4 is 0 Å². The predicted octanol–water partition coefficient (Wildman–Crippen LogP) is 5.38. The summed E-state index contributed by atoms with van der Waals surface area (Å²) in [6.45, 7) is 12.4. The number of halogens is 2. The fraction of sp³-hybridized carbons (Fsp3) is 0.867. The minimum atomic E-state index is -2.46. The van der Waals surface area contributed by atoms with Crippen LogP contribution in [0.25, 0.3) is 0 Å². The van der Waals surface area contributed by atoms with Gasteiger partial charge < -0.3 is 0 Å². The molecule has 2 heteroatoms. The molecule has 0 spiro atoms. The van der Waals surface area contributed by atoms with E-state index in [0.717, 1.165) is 5.92 Å². The summed E-state index contributed by atoms with van der Waals surface area (Å²) in [7, 11) is 0. The molecular weight excluding hydrogens is 218 g/mol. The lowest BCUT2D eigenvalue weighted by Crippen LogP contribution is -1.93. The van der Waals surface area contributed by atoms with Crippen molar-refractivity contribution in [1.82, 2.24) is 0 Å². The summed E-state index contributed by atoms with van der Waals surface area (Å²) >= 11 is 0. The summed E-state index contributed by atoms with van der Waals surface area (Å²) in [5.74, 6) is -0.270. The average molecular weight is 246 g/mol. The number of hydrogen-bond acceptors (Lipinski definition) is 0. The molecule has 1 saturated carbocycles. The summed E-state index contributed by atoms with van der Waals surface area (Å²) < 4.78 is 25.1. The standard InChI is InChI=1S/C8H10F2.C5H12.C2H6/c1-3-5-7-6(4-2)8(7,9)10;1-4-5(2)3;1-2/h1,6-7H,4-5H2,2H3;5H,4H2,1-3H3;1-2H3. The van der Waals surface area contributed by atoms with E-state index >= 15 is 0 Å². The van der Waals surface area contributed by atoms with Gasteiger partial charge in [0.25, 0.3) is 5.92 Å². The van der Waals surface area contributed by atoms with E-state index < -0.39 is 17.8 Å². The maximum Gasteiger partial charge on any atom is 0.255 e. The van der Waals surface area contributed by atoms with Crippen molar-refractivity contribution in [2.45, 2.75) is 66.7 Å². The quantitative estimate of drug-likeness (QED) is 0.586. The molecule has 0 aromatic heterocycles. The molecule has 0 nitrogen and oxygen atoms in total. The zero-order valence-electron chi connectivity index (χ0n) is 12.2. The lowest BCUT2D eigenvalue weighted by atomic mass is 10.2. The lowest BCUT2D eigenvalue weighted by Gasteiger charge is -1.90. The van der Waals surface area contributed by atoms with Crippen LogP contribution in [0, 0.1) is 30.1 Å². The molecule has 1 aliphatic rings. The van der Waals surface area contributed by atoms with Gasteiger partial charge in [-0.1, -0.05) is 48.0 Å². The van der Waals surface area contributed by atoms with Gasteiger partial charge in [0.05, 0.1) is 0 Å². The molecule has 102 valence electrons. The third kappa shape index (κ3) is 6.66. The molecule has 17 heavy (non-hydrogen) atoms. The van der Waals surface area contributed by atoms with Crippen molar-refractivity contribution in [3.05, 3.63) is 0 Å². The van der Waals surface area contributed by atoms with Crippen LogP contribution in [0.15, 0.2) is 0 Å². The van der Waals surface area contributed by atoms with E-state index in [2.05, 4.69) is 26.7 Å². The third-order valence-corrected chi connectivity index (χ3v) is 2.96.